The van der Waals surface area contributed by atoms with Crippen LogP contribution >= 0.6 is 0 Å². The number of morpholine rings is 1. The Hall–Kier alpha value is -3.93. The van der Waals surface area contributed by atoms with Crippen LogP contribution in [0.5, 0.6) is 0 Å². The minimum atomic E-state index is -5.21. The molecule has 11 heteroatoms. The molecule has 0 saturated carbocycles. The maximum absolute atomic E-state index is 14.5. The van der Waals surface area contributed by atoms with Gasteiger partial charge in [-0.15, -0.1) is 0 Å². The maximum Gasteiger partial charge on any atom is 0.422 e. The van der Waals surface area contributed by atoms with Crippen LogP contribution in [0.3, 0.4) is 0 Å². The summed E-state index contributed by atoms with van der Waals surface area (Å²) in [7, 11) is 0. The second kappa shape index (κ2) is 11.5. The number of amides is 1. The molecule has 1 fully saturated rings. The van der Waals surface area contributed by atoms with Gasteiger partial charge in [0.25, 0.3) is 5.91 Å². The Bertz CT molecular complexity index is 1440. The van der Waals surface area contributed by atoms with Gasteiger partial charge in [-0.25, -0.2) is 0 Å². The number of aliphatic hydroxyl groups is 2. The first kappa shape index (κ1) is 28.6. The number of benzene rings is 2. The van der Waals surface area contributed by atoms with Crippen molar-refractivity contribution >= 4 is 11.5 Å². The first-order chi connectivity index (χ1) is 19.6. The van der Waals surface area contributed by atoms with Crippen LogP contribution < -0.4 is 5.32 Å². The Morgan fingerprint density at radius 3 is 2.41 bits per heavy atom. The first-order valence-corrected chi connectivity index (χ1v) is 13.3. The highest BCUT2D eigenvalue weighted by Crippen LogP contribution is 2.51. The number of hydrogen-bond donors (Lipinski definition) is 3. The molecule has 2 heterocycles. The summed E-state index contributed by atoms with van der Waals surface area (Å²) in [6, 6.07) is 15.4. The van der Waals surface area contributed by atoms with Crippen molar-refractivity contribution in [1.29, 1.82) is 0 Å². The third-order valence-corrected chi connectivity index (χ3v) is 7.28. The summed E-state index contributed by atoms with van der Waals surface area (Å²) >= 11 is 0. The topological polar surface area (TPSA) is 108 Å². The fourth-order valence-corrected chi connectivity index (χ4v) is 5.14. The normalized spacial score (nSPS) is 21.7. The number of ether oxygens (including phenoxy) is 1. The van der Waals surface area contributed by atoms with Gasteiger partial charge in [-0.2, -0.15) is 13.2 Å². The Kier molecular flexibility index (Phi) is 8.03. The average Bonchev–Trinajstić information content (AvgIpc) is 3.39. The number of aliphatic hydroxyl groups excluding tert-OH is 1. The van der Waals surface area contributed by atoms with E-state index in [1.165, 1.54) is 0 Å². The predicted octanol–water partition coefficient (Wildman–Crippen LogP) is 4.84. The molecule has 1 aliphatic heterocycles. The van der Waals surface area contributed by atoms with Crippen LogP contribution in [0.4, 0.5) is 13.2 Å². The minimum absolute atomic E-state index is 0.0278. The maximum atomic E-state index is 14.5. The number of hydrogen-bond acceptors (Lipinski definition) is 7. The van der Waals surface area contributed by atoms with E-state index in [2.05, 4.69) is 15.4 Å². The lowest BCUT2D eigenvalue weighted by Crippen LogP contribution is -2.49. The predicted molar refractivity (Wildman–Crippen MR) is 145 cm³/mol. The molecule has 2 atom stereocenters. The van der Waals surface area contributed by atoms with Crippen LogP contribution in [0, 0.1) is 0 Å². The zero-order valence-electron chi connectivity index (χ0n) is 22.3. The largest absolute Gasteiger partial charge is 0.508 e. The molecule has 2 aromatic carbocycles. The summed E-state index contributed by atoms with van der Waals surface area (Å²) in [5.41, 5.74) is -1.85. The number of allylic oxidation sites excluding steroid dienone is 1. The number of carbonyl (C=O) groups excluding carboxylic acids is 1. The lowest BCUT2D eigenvalue weighted by Gasteiger charge is -2.36. The summed E-state index contributed by atoms with van der Waals surface area (Å²) < 4.78 is 54.3. The smallest absolute Gasteiger partial charge is 0.422 e. The van der Waals surface area contributed by atoms with E-state index in [9.17, 15) is 28.2 Å². The van der Waals surface area contributed by atoms with E-state index in [1.807, 2.05) is 12.1 Å². The van der Waals surface area contributed by atoms with Gasteiger partial charge in [-0.1, -0.05) is 65.8 Å². The molecule has 41 heavy (non-hydrogen) atoms. The van der Waals surface area contributed by atoms with Crippen LogP contribution in [0.15, 0.2) is 77.0 Å². The highest BCUT2D eigenvalue weighted by Gasteiger charge is 2.60. The van der Waals surface area contributed by atoms with Gasteiger partial charge >= 0.3 is 6.18 Å². The summed E-state index contributed by atoms with van der Waals surface area (Å²) in [6.45, 7) is 5.47. The Morgan fingerprint density at radius 1 is 1.10 bits per heavy atom. The molecule has 216 valence electrons. The van der Waals surface area contributed by atoms with E-state index in [1.54, 1.807) is 49.4 Å². The number of halogens is 3. The summed E-state index contributed by atoms with van der Waals surface area (Å²) in [6.07, 6.45) is -3.72. The highest BCUT2D eigenvalue weighted by atomic mass is 19.4. The molecule has 2 unspecified atom stereocenters. The third kappa shape index (κ3) is 5.65. The van der Waals surface area contributed by atoms with Crippen LogP contribution in [0.1, 0.15) is 40.2 Å². The van der Waals surface area contributed by atoms with Gasteiger partial charge in [0, 0.05) is 31.8 Å². The average molecular weight is 570 g/mol. The minimum Gasteiger partial charge on any atom is -0.508 e. The van der Waals surface area contributed by atoms with E-state index in [4.69, 9.17) is 9.26 Å². The lowest BCUT2D eigenvalue weighted by atomic mass is 9.76. The van der Waals surface area contributed by atoms with E-state index < -0.39 is 29.4 Å². The van der Waals surface area contributed by atoms with Gasteiger partial charge in [0.15, 0.2) is 17.1 Å². The number of alkyl halides is 3. The fraction of sp³-hybridized carbons (Fsp3) is 0.333. The van der Waals surface area contributed by atoms with Gasteiger partial charge in [-0.3, -0.25) is 9.69 Å². The molecule has 0 bridgehead atoms. The second-order valence-corrected chi connectivity index (χ2v) is 9.99. The van der Waals surface area contributed by atoms with Crippen molar-refractivity contribution in [3.63, 3.8) is 0 Å². The molecular weight excluding hydrogens is 539 g/mol. The van der Waals surface area contributed by atoms with E-state index in [0.717, 1.165) is 24.7 Å². The summed E-state index contributed by atoms with van der Waals surface area (Å²) in [5, 5.41) is 28.2. The van der Waals surface area contributed by atoms with E-state index in [-0.39, 0.29) is 29.1 Å². The molecule has 2 aliphatic rings. The van der Waals surface area contributed by atoms with E-state index >= 15 is 0 Å². The Balaban J connectivity index is 1.63. The number of nitrogens with zero attached hydrogens (tertiary/aromatic N) is 2. The van der Waals surface area contributed by atoms with Gasteiger partial charge in [-0.05, 0) is 29.7 Å². The summed E-state index contributed by atoms with van der Waals surface area (Å²) in [5.74, 6) is -3.59. The standard InChI is InChI=1S/C30H30F3N3O5/c1-2-34-28(38)26-25(21-10-8-19(9-11-21)18-36-12-14-40-15-13-36)27(41-35-26)23-16-22(20-6-4-3-5-7-20)24(37)17-29(23,39)30(31,32)33/h3-11,16-17,23,37,39H,2,12-15,18H2,1H3,(H,34,38). The van der Waals surface area contributed by atoms with Gasteiger partial charge in [0.1, 0.15) is 5.76 Å². The Morgan fingerprint density at radius 2 is 1.78 bits per heavy atom. The molecule has 0 spiro atoms. The van der Waals surface area contributed by atoms with Crippen molar-refractivity contribution in [3.8, 4) is 11.1 Å². The lowest BCUT2D eigenvalue weighted by molar-refractivity contribution is -0.246. The quantitative estimate of drug-likeness (QED) is 0.374. The third-order valence-electron chi connectivity index (χ3n) is 7.28. The fourth-order valence-electron chi connectivity index (χ4n) is 5.14. The summed E-state index contributed by atoms with van der Waals surface area (Å²) in [4.78, 5) is 15.2. The molecular formula is C30H30F3N3O5. The van der Waals surface area contributed by atoms with Crippen molar-refractivity contribution in [3.05, 3.63) is 95.1 Å². The van der Waals surface area contributed by atoms with Gasteiger partial charge in [0.05, 0.1) is 24.7 Å². The number of rotatable bonds is 7. The zero-order valence-corrected chi connectivity index (χ0v) is 22.3. The molecule has 1 aliphatic carbocycles. The van der Waals surface area contributed by atoms with Crippen molar-refractivity contribution in [1.82, 2.24) is 15.4 Å². The molecule has 8 nitrogen and oxygen atoms in total. The van der Waals surface area contributed by atoms with Crippen molar-refractivity contribution in [2.75, 3.05) is 32.8 Å². The molecule has 1 saturated heterocycles. The Labute approximate surface area is 234 Å². The SMILES string of the molecule is CCNC(=O)c1noc(C2C=C(c3ccccc3)C(O)=CC2(O)C(F)(F)F)c1-c1ccc(CN2CCOCC2)cc1. The van der Waals surface area contributed by atoms with Crippen LogP contribution in [0.2, 0.25) is 0 Å². The van der Waals surface area contributed by atoms with E-state index in [0.29, 0.717) is 37.0 Å². The number of carbonyl (C=O) groups is 1. The van der Waals surface area contributed by atoms with Gasteiger partial charge in [0.2, 0.25) is 0 Å². The second-order valence-electron chi connectivity index (χ2n) is 9.99. The molecule has 3 aromatic rings. The molecule has 1 amide bonds. The van der Waals surface area contributed by atoms with Crippen LogP contribution in [-0.2, 0) is 11.3 Å². The van der Waals surface area contributed by atoms with Crippen molar-refractivity contribution < 1.29 is 37.4 Å². The first-order valence-electron chi connectivity index (χ1n) is 13.3. The van der Waals surface area contributed by atoms with Gasteiger partial charge < -0.3 is 24.8 Å². The molecule has 5 rings (SSSR count). The molecule has 0 radical (unpaired) electrons. The zero-order chi connectivity index (χ0) is 29.2. The monoisotopic (exact) mass is 569 g/mol. The number of aromatic nitrogens is 1. The molecule has 3 N–H and O–H groups in total. The highest BCUT2D eigenvalue weighted by molar-refractivity contribution is 5.99. The van der Waals surface area contributed by atoms with Crippen molar-refractivity contribution in [2.45, 2.75) is 31.2 Å². The number of nitrogens with one attached hydrogen (secondary N) is 1. The van der Waals surface area contributed by atoms with Crippen LogP contribution in [0.25, 0.3) is 16.7 Å². The van der Waals surface area contributed by atoms with Crippen LogP contribution in [-0.4, -0.2) is 70.8 Å². The van der Waals surface area contributed by atoms with Crippen molar-refractivity contribution in [2.24, 2.45) is 0 Å². The molecule has 1 aromatic heterocycles.